The molecule has 2 atom stereocenters. The number of ether oxygens (including phenoxy) is 1. The summed E-state index contributed by atoms with van der Waals surface area (Å²) < 4.78 is 46.9. The molecule has 0 radical (unpaired) electrons. The number of rotatable bonds is 10. The van der Waals surface area contributed by atoms with E-state index in [1.165, 1.54) is 12.1 Å². The molecular formula is C26H30F3N5O2. The first kappa shape index (κ1) is 25.7. The zero-order chi connectivity index (χ0) is 25.4. The number of benzene rings is 1. The fourth-order valence-corrected chi connectivity index (χ4v) is 4.50. The van der Waals surface area contributed by atoms with Gasteiger partial charge >= 0.3 is 6.18 Å². The first-order valence-corrected chi connectivity index (χ1v) is 12.0. The van der Waals surface area contributed by atoms with E-state index >= 15 is 0 Å². The molecule has 1 fully saturated rings. The van der Waals surface area contributed by atoms with Gasteiger partial charge in [0, 0.05) is 63.4 Å². The lowest BCUT2D eigenvalue weighted by Crippen LogP contribution is -2.47. The van der Waals surface area contributed by atoms with Crippen LogP contribution in [0, 0.1) is 11.8 Å². The highest BCUT2D eigenvalue weighted by Gasteiger charge is 2.33. The van der Waals surface area contributed by atoms with Gasteiger partial charge in [-0.3, -0.25) is 14.7 Å². The van der Waals surface area contributed by atoms with E-state index < -0.39 is 11.7 Å². The fourth-order valence-electron chi connectivity index (χ4n) is 4.50. The van der Waals surface area contributed by atoms with Crippen molar-refractivity contribution >= 4 is 5.91 Å². The van der Waals surface area contributed by atoms with Crippen molar-refractivity contribution < 1.29 is 22.7 Å². The van der Waals surface area contributed by atoms with E-state index in [4.69, 9.17) is 4.74 Å². The number of amides is 1. The van der Waals surface area contributed by atoms with Crippen LogP contribution in [0.5, 0.6) is 5.75 Å². The van der Waals surface area contributed by atoms with Gasteiger partial charge in [-0.25, -0.2) is 4.98 Å². The second kappa shape index (κ2) is 12.0. The zero-order valence-corrected chi connectivity index (χ0v) is 19.9. The van der Waals surface area contributed by atoms with Gasteiger partial charge in [0.2, 0.25) is 5.91 Å². The van der Waals surface area contributed by atoms with Crippen molar-refractivity contribution in [2.45, 2.75) is 32.1 Å². The molecule has 36 heavy (non-hydrogen) atoms. The molecule has 0 saturated carbocycles. The highest BCUT2D eigenvalue weighted by Crippen LogP contribution is 2.32. The summed E-state index contributed by atoms with van der Waals surface area (Å²) in [6.45, 7) is 3.52. The van der Waals surface area contributed by atoms with Crippen LogP contribution in [0.15, 0.2) is 67.5 Å². The molecule has 192 valence electrons. The maximum Gasteiger partial charge on any atom is 0.416 e. The van der Waals surface area contributed by atoms with Crippen LogP contribution in [0.25, 0.3) is 0 Å². The Kier molecular flexibility index (Phi) is 8.58. The number of piperidine rings is 1. The number of imidazole rings is 1. The molecule has 1 saturated heterocycles. The number of carbonyl (C=O) groups excluding carboxylic acids is 1. The Hall–Kier alpha value is -3.40. The third kappa shape index (κ3) is 7.55. The Morgan fingerprint density at radius 1 is 1.11 bits per heavy atom. The molecule has 1 aliphatic heterocycles. The van der Waals surface area contributed by atoms with Crippen LogP contribution in [0.2, 0.25) is 0 Å². The van der Waals surface area contributed by atoms with Crippen LogP contribution in [-0.4, -0.2) is 51.6 Å². The smallest absolute Gasteiger partial charge is 0.416 e. The quantitative estimate of drug-likeness (QED) is 0.425. The molecule has 0 spiro atoms. The Labute approximate surface area is 208 Å². The van der Waals surface area contributed by atoms with E-state index in [1.54, 1.807) is 24.9 Å². The Morgan fingerprint density at radius 3 is 2.69 bits per heavy atom. The number of carbonyl (C=O) groups is 1. The fraction of sp³-hybridized carbons (Fsp3) is 0.423. The lowest BCUT2D eigenvalue weighted by molar-refractivity contribution is -0.137. The Morgan fingerprint density at radius 2 is 1.94 bits per heavy atom. The second-order valence-electron chi connectivity index (χ2n) is 9.13. The van der Waals surface area contributed by atoms with Crippen molar-refractivity contribution in [2.75, 3.05) is 26.2 Å². The largest absolute Gasteiger partial charge is 0.493 e. The maximum absolute atomic E-state index is 13.1. The molecule has 0 aliphatic carbocycles. The summed E-state index contributed by atoms with van der Waals surface area (Å²) in [5.74, 6) is -0.0681. The van der Waals surface area contributed by atoms with E-state index in [1.807, 2.05) is 22.9 Å². The van der Waals surface area contributed by atoms with Gasteiger partial charge in [-0.1, -0.05) is 6.07 Å². The molecule has 7 nitrogen and oxygen atoms in total. The molecule has 1 amide bonds. The van der Waals surface area contributed by atoms with Crippen LogP contribution < -0.4 is 10.1 Å². The van der Waals surface area contributed by atoms with Crippen LogP contribution >= 0.6 is 0 Å². The van der Waals surface area contributed by atoms with Crippen LogP contribution in [-0.2, 0) is 24.1 Å². The highest BCUT2D eigenvalue weighted by molar-refractivity contribution is 5.79. The summed E-state index contributed by atoms with van der Waals surface area (Å²) in [5, 5.41) is 3.04. The molecule has 1 aliphatic rings. The van der Waals surface area contributed by atoms with Crippen molar-refractivity contribution in [3.05, 3.63) is 78.6 Å². The van der Waals surface area contributed by atoms with Crippen molar-refractivity contribution in [3.63, 3.8) is 0 Å². The number of nitrogens with one attached hydrogen (secondary N) is 1. The zero-order valence-electron chi connectivity index (χ0n) is 19.9. The summed E-state index contributed by atoms with van der Waals surface area (Å²) in [4.78, 5) is 23.3. The van der Waals surface area contributed by atoms with E-state index in [2.05, 4.69) is 20.2 Å². The van der Waals surface area contributed by atoms with Crippen molar-refractivity contribution in [3.8, 4) is 5.75 Å². The van der Waals surface area contributed by atoms with Crippen molar-refractivity contribution in [1.82, 2.24) is 24.8 Å². The first-order chi connectivity index (χ1) is 17.4. The first-order valence-electron chi connectivity index (χ1n) is 12.0. The van der Waals surface area contributed by atoms with Gasteiger partial charge in [-0.15, -0.1) is 0 Å². The maximum atomic E-state index is 13.1. The summed E-state index contributed by atoms with van der Waals surface area (Å²) in [5.41, 5.74) is 0.347. The summed E-state index contributed by atoms with van der Waals surface area (Å²) >= 11 is 0. The summed E-state index contributed by atoms with van der Waals surface area (Å²) in [7, 11) is 0. The number of hydrogen-bond acceptors (Lipinski definition) is 5. The number of pyridine rings is 1. The SMILES string of the molecule is O=C(NCCCn1ccnc1)[C@@H]1C[C@H](COc2cccc(C(F)(F)F)c2)CN(Cc2ccncc2)C1. The van der Waals surface area contributed by atoms with Gasteiger partial charge in [-0.2, -0.15) is 13.2 Å². The van der Waals surface area contributed by atoms with Crippen LogP contribution in [0.4, 0.5) is 13.2 Å². The summed E-state index contributed by atoms with van der Waals surface area (Å²) in [6.07, 6.45) is 5.79. The molecule has 0 unspecified atom stereocenters. The minimum Gasteiger partial charge on any atom is -0.493 e. The highest BCUT2D eigenvalue weighted by atomic mass is 19.4. The average molecular weight is 502 g/mol. The molecular weight excluding hydrogens is 471 g/mol. The van der Waals surface area contributed by atoms with Gasteiger partial charge in [0.1, 0.15) is 5.75 Å². The molecule has 3 aromatic rings. The molecule has 3 heterocycles. The van der Waals surface area contributed by atoms with Crippen LogP contribution in [0.3, 0.4) is 0 Å². The van der Waals surface area contributed by atoms with Gasteiger partial charge in [0.15, 0.2) is 0 Å². The van der Waals surface area contributed by atoms with E-state index in [0.717, 1.165) is 30.7 Å². The number of alkyl halides is 3. The monoisotopic (exact) mass is 501 g/mol. The van der Waals surface area contributed by atoms with E-state index in [-0.39, 0.29) is 30.1 Å². The van der Waals surface area contributed by atoms with Gasteiger partial charge < -0.3 is 14.6 Å². The van der Waals surface area contributed by atoms with E-state index in [9.17, 15) is 18.0 Å². The average Bonchev–Trinajstić information content (AvgIpc) is 3.39. The minimum absolute atomic E-state index is 0.00294. The normalized spacial score (nSPS) is 18.6. The van der Waals surface area contributed by atoms with Gasteiger partial charge in [0.25, 0.3) is 0 Å². The third-order valence-electron chi connectivity index (χ3n) is 6.24. The predicted octanol–water partition coefficient (Wildman–Crippen LogP) is 4.02. The van der Waals surface area contributed by atoms with Crippen LogP contribution in [0.1, 0.15) is 24.0 Å². The predicted molar refractivity (Wildman–Crippen MR) is 128 cm³/mol. The lowest BCUT2D eigenvalue weighted by atomic mass is 9.88. The van der Waals surface area contributed by atoms with Crippen molar-refractivity contribution in [2.24, 2.45) is 11.8 Å². The number of hydrogen-bond donors (Lipinski definition) is 1. The number of nitrogens with zero attached hydrogens (tertiary/aromatic N) is 4. The van der Waals surface area contributed by atoms with Gasteiger partial charge in [0.05, 0.1) is 24.4 Å². The summed E-state index contributed by atoms with van der Waals surface area (Å²) in [6, 6.07) is 8.78. The minimum atomic E-state index is -4.42. The molecule has 4 rings (SSSR count). The number of halogens is 3. The molecule has 1 N–H and O–H groups in total. The molecule has 0 bridgehead atoms. The second-order valence-corrected chi connectivity index (χ2v) is 9.13. The molecule has 1 aromatic carbocycles. The Bertz CT molecular complexity index is 1090. The topological polar surface area (TPSA) is 72.3 Å². The molecule has 2 aromatic heterocycles. The number of aromatic nitrogens is 3. The number of aryl methyl sites for hydroxylation is 1. The van der Waals surface area contributed by atoms with Crippen molar-refractivity contribution in [1.29, 1.82) is 0 Å². The third-order valence-corrected chi connectivity index (χ3v) is 6.24. The van der Waals surface area contributed by atoms with Gasteiger partial charge in [-0.05, 0) is 48.7 Å². The standard InChI is InChI=1S/C26H30F3N5O2/c27-26(28,29)23-3-1-4-24(14-23)36-18-21-13-22(17-34(16-21)15-20-5-8-30-9-6-20)25(35)32-7-2-11-33-12-10-31-19-33/h1,3-6,8-10,12,14,19,21-22H,2,7,11,13,15-18H2,(H,32,35)/t21-,22+/m0/s1. The Balaban J connectivity index is 1.36. The molecule has 10 heteroatoms. The lowest BCUT2D eigenvalue weighted by Gasteiger charge is -2.37. The van der Waals surface area contributed by atoms with E-state index in [0.29, 0.717) is 32.6 Å². The number of likely N-dealkylation sites (tertiary alicyclic amines) is 1.